The minimum atomic E-state index is -0.371. The molecule has 2 N–H and O–H groups in total. The van der Waals surface area contributed by atoms with Gasteiger partial charge in [-0.25, -0.2) is 9.37 Å². The Kier molecular flexibility index (Phi) is 4.31. The number of halogens is 2. The largest absolute Gasteiger partial charge is 0.491 e. The van der Waals surface area contributed by atoms with E-state index in [1.165, 1.54) is 17.4 Å². The van der Waals surface area contributed by atoms with Gasteiger partial charge in [0.05, 0.1) is 11.5 Å². The van der Waals surface area contributed by atoms with Gasteiger partial charge in [-0.1, -0.05) is 0 Å². The maximum atomic E-state index is 13.8. The van der Waals surface area contributed by atoms with E-state index in [1.54, 1.807) is 6.07 Å². The second-order valence-electron chi connectivity index (χ2n) is 3.51. The summed E-state index contributed by atoms with van der Waals surface area (Å²) < 4.78 is 19.6. The average Bonchev–Trinajstić information content (AvgIpc) is 2.73. The lowest BCUT2D eigenvalue weighted by Gasteiger charge is -2.05. The van der Waals surface area contributed by atoms with Gasteiger partial charge in [-0.05, 0) is 46.6 Å². The summed E-state index contributed by atoms with van der Waals surface area (Å²) >= 11 is 4.81. The standard InChI is InChI=1S/C12H12BrFN2OS/c1-2-17-9-4-3-7(5-8(9)14)11-12(13)16-10(6-15)18-11/h3-5H,2,6,15H2,1H3. The van der Waals surface area contributed by atoms with Crippen molar-refractivity contribution in [1.29, 1.82) is 0 Å². The molecule has 2 aromatic rings. The Morgan fingerprint density at radius 3 is 2.83 bits per heavy atom. The number of hydrogen-bond donors (Lipinski definition) is 1. The molecule has 0 radical (unpaired) electrons. The van der Waals surface area contributed by atoms with Crippen molar-refractivity contribution in [2.75, 3.05) is 6.61 Å². The Balaban J connectivity index is 2.38. The summed E-state index contributed by atoms with van der Waals surface area (Å²) in [6, 6.07) is 4.89. The molecule has 0 aliphatic heterocycles. The van der Waals surface area contributed by atoms with E-state index in [9.17, 15) is 4.39 Å². The Hall–Kier alpha value is -0.980. The van der Waals surface area contributed by atoms with E-state index in [0.29, 0.717) is 17.8 Å². The number of nitrogens with zero attached hydrogens (tertiary/aromatic N) is 1. The molecule has 6 heteroatoms. The minimum Gasteiger partial charge on any atom is -0.491 e. The van der Waals surface area contributed by atoms with Gasteiger partial charge in [0, 0.05) is 6.54 Å². The molecule has 0 aliphatic carbocycles. The topological polar surface area (TPSA) is 48.1 Å². The van der Waals surface area contributed by atoms with E-state index >= 15 is 0 Å². The third-order valence-corrected chi connectivity index (χ3v) is 4.26. The predicted molar refractivity (Wildman–Crippen MR) is 74.3 cm³/mol. The monoisotopic (exact) mass is 330 g/mol. The zero-order chi connectivity index (χ0) is 13.1. The van der Waals surface area contributed by atoms with E-state index in [1.807, 2.05) is 13.0 Å². The molecule has 2 rings (SSSR count). The highest BCUT2D eigenvalue weighted by molar-refractivity contribution is 9.10. The van der Waals surface area contributed by atoms with Crippen molar-refractivity contribution in [3.8, 4) is 16.2 Å². The summed E-state index contributed by atoms with van der Waals surface area (Å²) in [5.41, 5.74) is 6.30. The summed E-state index contributed by atoms with van der Waals surface area (Å²) in [6.07, 6.45) is 0. The fourth-order valence-corrected chi connectivity index (χ4v) is 3.16. The predicted octanol–water partition coefficient (Wildman–Crippen LogP) is 3.57. The fraction of sp³-hybridized carbons (Fsp3) is 0.250. The van der Waals surface area contributed by atoms with Gasteiger partial charge in [0.1, 0.15) is 9.61 Å². The van der Waals surface area contributed by atoms with Crippen molar-refractivity contribution < 1.29 is 9.13 Å². The van der Waals surface area contributed by atoms with Crippen molar-refractivity contribution >= 4 is 27.3 Å². The van der Waals surface area contributed by atoms with Crippen LogP contribution in [0.5, 0.6) is 5.75 Å². The number of thiazole rings is 1. The number of aromatic nitrogens is 1. The van der Waals surface area contributed by atoms with Crippen LogP contribution in [0.2, 0.25) is 0 Å². The van der Waals surface area contributed by atoms with Crippen LogP contribution in [0.3, 0.4) is 0 Å². The van der Waals surface area contributed by atoms with Crippen LogP contribution in [0.15, 0.2) is 22.8 Å². The maximum Gasteiger partial charge on any atom is 0.165 e. The lowest BCUT2D eigenvalue weighted by molar-refractivity contribution is 0.321. The Bertz CT molecular complexity index is 559. The van der Waals surface area contributed by atoms with Crippen LogP contribution in [0, 0.1) is 5.82 Å². The number of ether oxygens (including phenoxy) is 1. The first-order chi connectivity index (χ1) is 8.65. The molecule has 0 amide bonds. The van der Waals surface area contributed by atoms with Crippen LogP contribution in [-0.2, 0) is 6.54 Å². The van der Waals surface area contributed by atoms with Gasteiger partial charge in [-0.3, -0.25) is 0 Å². The summed E-state index contributed by atoms with van der Waals surface area (Å²) in [4.78, 5) is 5.12. The van der Waals surface area contributed by atoms with E-state index in [4.69, 9.17) is 10.5 Å². The first-order valence-electron chi connectivity index (χ1n) is 5.43. The molecule has 0 spiro atoms. The summed E-state index contributed by atoms with van der Waals surface area (Å²) in [5.74, 6) is -0.107. The van der Waals surface area contributed by atoms with E-state index < -0.39 is 0 Å². The van der Waals surface area contributed by atoms with Gasteiger partial charge in [0.2, 0.25) is 0 Å². The van der Waals surface area contributed by atoms with Gasteiger partial charge in [-0.15, -0.1) is 11.3 Å². The zero-order valence-electron chi connectivity index (χ0n) is 9.74. The molecule has 1 aromatic heterocycles. The van der Waals surface area contributed by atoms with Crippen LogP contribution in [-0.4, -0.2) is 11.6 Å². The number of benzene rings is 1. The van der Waals surface area contributed by atoms with Crippen LogP contribution >= 0.6 is 27.3 Å². The lowest BCUT2D eigenvalue weighted by Crippen LogP contribution is -1.94. The Labute approximate surface area is 117 Å². The molecule has 0 saturated carbocycles. The number of hydrogen-bond acceptors (Lipinski definition) is 4. The molecule has 0 aliphatic rings. The van der Waals surface area contributed by atoms with Gasteiger partial charge < -0.3 is 10.5 Å². The third kappa shape index (κ3) is 2.71. The summed E-state index contributed by atoms with van der Waals surface area (Å²) in [5, 5.41) is 0.811. The zero-order valence-corrected chi connectivity index (χ0v) is 12.1. The number of rotatable bonds is 4. The molecule has 0 saturated heterocycles. The van der Waals surface area contributed by atoms with Gasteiger partial charge in [0.25, 0.3) is 0 Å². The van der Waals surface area contributed by atoms with Crippen LogP contribution in [0.25, 0.3) is 10.4 Å². The second kappa shape index (κ2) is 5.77. The van der Waals surface area contributed by atoms with E-state index in [0.717, 1.165) is 15.4 Å². The molecule has 0 unspecified atom stereocenters. The number of nitrogens with two attached hydrogens (primary N) is 1. The van der Waals surface area contributed by atoms with Gasteiger partial charge in [-0.2, -0.15) is 0 Å². The summed E-state index contributed by atoms with van der Waals surface area (Å²) in [6.45, 7) is 2.64. The quantitative estimate of drug-likeness (QED) is 0.932. The fourth-order valence-electron chi connectivity index (χ4n) is 1.52. The van der Waals surface area contributed by atoms with E-state index in [2.05, 4.69) is 20.9 Å². The van der Waals surface area contributed by atoms with Crippen molar-refractivity contribution in [2.45, 2.75) is 13.5 Å². The third-order valence-electron chi connectivity index (χ3n) is 2.30. The van der Waals surface area contributed by atoms with Crippen LogP contribution in [0.1, 0.15) is 11.9 Å². The Morgan fingerprint density at radius 1 is 1.50 bits per heavy atom. The maximum absolute atomic E-state index is 13.8. The van der Waals surface area contributed by atoms with Gasteiger partial charge >= 0.3 is 0 Å². The molecule has 18 heavy (non-hydrogen) atoms. The first kappa shape index (κ1) is 13.5. The molecular weight excluding hydrogens is 319 g/mol. The van der Waals surface area contributed by atoms with Crippen LogP contribution < -0.4 is 10.5 Å². The first-order valence-corrected chi connectivity index (χ1v) is 7.04. The van der Waals surface area contributed by atoms with Crippen molar-refractivity contribution in [3.63, 3.8) is 0 Å². The lowest BCUT2D eigenvalue weighted by atomic mass is 10.2. The van der Waals surface area contributed by atoms with Crippen LogP contribution in [0.4, 0.5) is 4.39 Å². The van der Waals surface area contributed by atoms with E-state index in [-0.39, 0.29) is 11.6 Å². The summed E-state index contributed by atoms with van der Waals surface area (Å²) in [7, 11) is 0. The highest BCUT2D eigenvalue weighted by Crippen LogP contribution is 2.35. The SMILES string of the molecule is CCOc1ccc(-c2sc(CN)nc2Br)cc1F. The molecule has 1 heterocycles. The Morgan fingerprint density at radius 2 is 2.28 bits per heavy atom. The van der Waals surface area contributed by atoms with Gasteiger partial charge in [0.15, 0.2) is 11.6 Å². The highest BCUT2D eigenvalue weighted by atomic mass is 79.9. The molecule has 0 bridgehead atoms. The van der Waals surface area contributed by atoms with Crippen molar-refractivity contribution in [3.05, 3.63) is 33.6 Å². The smallest absolute Gasteiger partial charge is 0.165 e. The molecule has 0 fully saturated rings. The second-order valence-corrected chi connectivity index (χ2v) is 5.34. The molecule has 1 aromatic carbocycles. The molecule has 3 nitrogen and oxygen atoms in total. The molecule has 0 atom stereocenters. The molecule has 96 valence electrons. The normalized spacial score (nSPS) is 10.7. The minimum absolute atomic E-state index is 0.265. The van der Waals surface area contributed by atoms with Crippen molar-refractivity contribution in [2.24, 2.45) is 5.73 Å². The molecular formula is C12H12BrFN2OS. The van der Waals surface area contributed by atoms with Crippen molar-refractivity contribution in [1.82, 2.24) is 4.98 Å². The highest BCUT2D eigenvalue weighted by Gasteiger charge is 2.12. The average molecular weight is 331 g/mol.